The Bertz CT molecular complexity index is 3140. The zero-order chi connectivity index (χ0) is 50.3. The SMILES string of the molecule is Cc1c(CC(=O)N(C)C)ccc(NC(=O)c2nn([C@@H]3CCCN(C(=O)/C=C/CN(C)CCCCNC(=O)CCCCn4nc(-c5ccc6oc(N)nc6c5)c5c(N)ncnc54)C3)c3ncnc(N)c23)c1C. The smallest absolute Gasteiger partial charge is 0.292 e. The minimum atomic E-state index is -0.468. The van der Waals surface area contributed by atoms with Crippen molar-refractivity contribution >= 4 is 80.1 Å². The van der Waals surface area contributed by atoms with Crippen molar-refractivity contribution in [2.75, 3.05) is 76.4 Å². The van der Waals surface area contributed by atoms with Crippen LogP contribution in [0.25, 0.3) is 44.4 Å². The van der Waals surface area contributed by atoms with Crippen LogP contribution in [-0.4, -0.2) is 137 Å². The van der Waals surface area contributed by atoms with Gasteiger partial charge in [-0.2, -0.15) is 15.2 Å². The number of carbonyl (C=O) groups excluding carboxylic acids is 4. The Morgan fingerprint density at radius 2 is 1.66 bits per heavy atom. The average molecular weight is 968 g/mol. The fourth-order valence-electron chi connectivity index (χ4n) is 8.85. The van der Waals surface area contributed by atoms with Gasteiger partial charge in [0.2, 0.25) is 17.7 Å². The van der Waals surface area contributed by atoms with Crippen molar-refractivity contribution < 1.29 is 23.6 Å². The summed E-state index contributed by atoms with van der Waals surface area (Å²) in [5, 5.41) is 16.6. The number of oxazole rings is 1. The molecule has 0 unspecified atom stereocenters. The third kappa shape index (κ3) is 11.2. The molecule has 7 aromatic rings. The van der Waals surface area contributed by atoms with E-state index in [9.17, 15) is 19.2 Å². The molecule has 1 aliphatic heterocycles. The molecular weight excluding hydrogens is 907 g/mol. The van der Waals surface area contributed by atoms with Gasteiger partial charge in [0, 0.05) is 70.6 Å². The van der Waals surface area contributed by atoms with Crippen molar-refractivity contribution in [3.63, 3.8) is 0 Å². The molecule has 1 saturated heterocycles. The molecule has 22 heteroatoms. The minimum absolute atomic E-state index is 0.000695. The van der Waals surface area contributed by atoms with E-state index in [1.54, 1.807) is 51.5 Å². The first-order chi connectivity index (χ1) is 34.2. The van der Waals surface area contributed by atoms with Crippen molar-refractivity contribution in [3.05, 3.63) is 77.5 Å². The second-order valence-electron chi connectivity index (χ2n) is 18.2. The Labute approximate surface area is 410 Å². The maximum absolute atomic E-state index is 13.9. The molecule has 1 fully saturated rings. The molecule has 5 aromatic heterocycles. The van der Waals surface area contributed by atoms with Gasteiger partial charge in [-0.15, -0.1) is 0 Å². The number of likely N-dealkylation sites (tertiary alicyclic amines) is 1. The summed E-state index contributed by atoms with van der Waals surface area (Å²) in [6.07, 6.45) is 11.4. The lowest BCUT2D eigenvalue weighted by atomic mass is 9.98. The monoisotopic (exact) mass is 968 g/mol. The number of rotatable bonds is 19. The van der Waals surface area contributed by atoms with E-state index in [1.165, 1.54) is 12.7 Å². The van der Waals surface area contributed by atoms with Gasteiger partial charge in [-0.3, -0.25) is 19.2 Å². The van der Waals surface area contributed by atoms with E-state index in [0.717, 1.165) is 54.5 Å². The fourth-order valence-corrected chi connectivity index (χ4v) is 8.85. The lowest BCUT2D eigenvalue weighted by Crippen LogP contribution is -2.40. The molecule has 0 spiro atoms. The molecule has 8 rings (SSSR count). The van der Waals surface area contributed by atoms with Crippen molar-refractivity contribution in [2.45, 2.75) is 77.8 Å². The first-order valence-corrected chi connectivity index (χ1v) is 23.8. The van der Waals surface area contributed by atoms with Crippen molar-refractivity contribution in [1.82, 2.24) is 64.5 Å². The molecule has 2 aromatic carbocycles. The number of anilines is 4. The number of aromatic nitrogens is 9. The topological polar surface area (TPSA) is 293 Å². The van der Waals surface area contributed by atoms with E-state index in [0.29, 0.717) is 102 Å². The summed E-state index contributed by atoms with van der Waals surface area (Å²) in [7, 11) is 5.44. The van der Waals surface area contributed by atoms with Crippen molar-refractivity contribution in [2.24, 2.45) is 0 Å². The van der Waals surface area contributed by atoms with Gasteiger partial charge in [-0.1, -0.05) is 12.1 Å². The van der Waals surface area contributed by atoms with Crippen LogP contribution >= 0.6 is 0 Å². The second-order valence-corrected chi connectivity index (χ2v) is 18.2. The van der Waals surface area contributed by atoms with Crippen LogP contribution < -0.4 is 27.8 Å². The van der Waals surface area contributed by atoms with Crippen molar-refractivity contribution in [3.8, 4) is 11.3 Å². The number of hydrogen-bond acceptors (Lipinski definition) is 16. The van der Waals surface area contributed by atoms with Crippen molar-refractivity contribution in [1.29, 1.82) is 0 Å². The first-order valence-electron chi connectivity index (χ1n) is 23.8. The summed E-state index contributed by atoms with van der Waals surface area (Å²) in [5.41, 5.74) is 25.3. The van der Waals surface area contributed by atoms with Crippen LogP contribution in [0.1, 0.15) is 78.2 Å². The number of benzene rings is 2. The van der Waals surface area contributed by atoms with Crippen LogP contribution in [0.5, 0.6) is 0 Å². The van der Waals surface area contributed by atoms with Gasteiger partial charge in [-0.05, 0) is 107 Å². The van der Waals surface area contributed by atoms with Crippen LogP contribution in [0.4, 0.5) is 23.3 Å². The molecule has 372 valence electrons. The zero-order valence-electron chi connectivity index (χ0n) is 40.8. The number of likely N-dealkylation sites (N-methyl/N-ethyl adjacent to an activating group) is 2. The highest BCUT2D eigenvalue weighted by atomic mass is 16.4. The summed E-state index contributed by atoms with van der Waals surface area (Å²) >= 11 is 0. The number of carbonyl (C=O) groups is 4. The van der Waals surface area contributed by atoms with E-state index in [2.05, 4.69) is 40.5 Å². The quantitative estimate of drug-likeness (QED) is 0.0553. The van der Waals surface area contributed by atoms with E-state index < -0.39 is 5.91 Å². The maximum atomic E-state index is 13.9. The first kappa shape index (κ1) is 49.4. The molecule has 0 aliphatic carbocycles. The molecular formula is C49H61N17O5. The Morgan fingerprint density at radius 3 is 2.45 bits per heavy atom. The number of nitrogen functional groups attached to an aromatic ring is 3. The van der Waals surface area contributed by atoms with E-state index in [-0.39, 0.29) is 47.7 Å². The van der Waals surface area contributed by atoms with Gasteiger partial charge < -0.3 is 47.0 Å². The molecule has 22 nitrogen and oxygen atoms in total. The number of amides is 4. The number of unbranched alkanes of at least 4 members (excludes halogenated alkanes) is 2. The molecule has 0 radical (unpaired) electrons. The highest BCUT2D eigenvalue weighted by molar-refractivity contribution is 6.13. The van der Waals surface area contributed by atoms with Gasteiger partial charge >= 0.3 is 0 Å². The Balaban J connectivity index is 0.762. The number of nitrogens with two attached hydrogens (primary N) is 3. The summed E-state index contributed by atoms with van der Waals surface area (Å²) < 4.78 is 8.91. The van der Waals surface area contributed by atoms with Gasteiger partial charge in [0.1, 0.15) is 35.5 Å². The number of aryl methyl sites for hydroxylation is 1. The molecule has 71 heavy (non-hydrogen) atoms. The second kappa shape index (κ2) is 21.7. The lowest BCUT2D eigenvalue weighted by molar-refractivity contribution is -0.128. The molecule has 8 N–H and O–H groups in total. The molecule has 0 saturated carbocycles. The Kier molecular flexibility index (Phi) is 15.1. The summed E-state index contributed by atoms with van der Waals surface area (Å²) in [6, 6.07) is 8.97. The Morgan fingerprint density at radius 1 is 0.887 bits per heavy atom. The predicted octanol–water partition coefficient (Wildman–Crippen LogP) is 4.44. The third-order valence-corrected chi connectivity index (χ3v) is 13.0. The van der Waals surface area contributed by atoms with E-state index in [1.807, 2.05) is 45.2 Å². The molecule has 1 atom stereocenters. The standard InChI is InChI=1S/C49H61N17O5/c1-29-30(2)34(17-15-31(29)25-39(69)62(3)4)58-48(70)43-41-45(51)55-28-57-47(41)66(61-43)33-12-10-22-64(26-33)38(68)14-11-21-63(5)20-9-7-19-53-37(67)13-6-8-23-65-46-40(44(50)54-27-56-46)42(60-65)32-16-18-36-35(24-32)59-49(52)71-36/h11,14-18,24,27-28,33H,6-10,12-13,19-23,25-26H2,1-5H3,(H2,52,59)(H,53,67)(H,58,70)(H2,50,54,56)(H2,51,55,57)/b14-11+/t33-/m1/s1. The number of hydrogen-bond donors (Lipinski definition) is 5. The summed E-state index contributed by atoms with van der Waals surface area (Å²) in [6.45, 7) is 7.30. The number of fused-ring (bicyclic) bond motifs is 3. The van der Waals surface area contributed by atoms with Gasteiger partial charge in [0.15, 0.2) is 22.6 Å². The van der Waals surface area contributed by atoms with Gasteiger partial charge in [-0.25, -0.2) is 29.3 Å². The zero-order valence-corrected chi connectivity index (χ0v) is 40.8. The van der Waals surface area contributed by atoms with Gasteiger partial charge in [0.05, 0.1) is 23.2 Å². The van der Waals surface area contributed by atoms with Crippen LogP contribution in [-0.2, 0) is 27.3 Å². The van der Waals surface area contributed by atoms with Gasteiger partial charge in [0.25, 0.3) is 11.9 Å². The van der Waals surface area contributed by atoms with Crippen LogP contribution in [0.3, 0.4) is 0 Å². The number of nitrogens with one attached hydrogen (secondary N) is 2. The fraction of sp³-hybridized carbons (Fsp3) is 0.408. The number of nitrogens with zero attached hydrogens (tertiary/aromatic N) is 12. The lowest BCUT2D eigenvalue weighted by Gasteiger charge is -2.32. The van der Waals surface area contributed by atoms with E-state index >= 15 is 0 Å². The minimum Gasteiger partial charge on any atom is -0.424 e. The van der Waals surface area contributed by atoms with Crippen LogP contribution in [0.15, 0.2) is 59.6 Å². The number of piperidine rings is 1. The maximum Gasteiger partial charge on any atom is 0.292 e. The molecule has 4 amide bonds. The predicted molar refractivity (Wildman–Crippen MR) is 271 cm³/mol. The summed E-state index contributed by atoms with van der Waals surface area (Å²) in [4.78, 5) is 79.4. The average Bonchev–Trinajstić information content (AvgIpc) is 4.06. The highest BCUT2D eigenvalue weighted by Crippen LogP contribution is 2.33. The third-order valence-electron chi connectivity index (χ3n) is 13.0. The Hall–Kier alpha value is -8.01. The molecule has 6 heterocycles. The normalized spacial score (nSPS) is 14.1. The molecule has 0 bridgehead atoms. The highest BCUT2D eigenvalue weighted by Gasteiger charge is 2.30. The van der Waals surface area contributed by atoms with E-state index in [4.69, 9.17) is 31.8 Å². The van der Waals surface area contributed by atoms with Crippen LogP contribution in [0.2, 0.25) is 0 Å². The molecule has 1 aliphatic rings. The largest absolute Gasteiger partial charge is 0.424 e. The summed E-state index contributed by atoms with van der Waals surface area (Å²) in [5.74, 6) is -0.134. The van der Waals surface area contributed by atoms with Crippen LogP contribution in [0, 0.1) is 13.8 Å².